The van der Waals surface area contributed by atoms with Gasteiger partial charge in [-0.25, -0.2) is 0 Å². The van der Waals surface area contributed by atoms with Crippen LogP contribution in [0.3, 0.4) is 0 Å². The zero-order valence-corrected chi connectivity index (χ0v) is 13.9. The second kappa shape index (κ2) is 8.47. The van der Waals surface area contributed by atoms with Gasteiger partial charge in [0, 0.05) is 0 Å². The first-order valence-electron chi connectivity index (χ1n) is 7.95. The van der Waals surface area contributed by atoms with Crippen LogP contribution >= 0.6 is 0 Å². The Labute approximate surface area is 141 Å². The molecule has 0 amide bonds. The molecular formula is C18H24O6. The van der Waals surface area contributed by atoms with Crippen molar-refractivity contribution in [2.75, 3.05) is 0 Å². The lowest BCUT2D eigenvalue weighted by atomic mass is 9.68. The van der Waals surface area contributed by atoms with Crippen molar-refractivity contribution in [3.8, 4) is 0 Å². The van der Waals surface area contributed by atoms with E-state index in [4.69, 9.17) is 0 Å². The Morgan fingerprint density at radius 3 is 1.96 bits per heavy atom. The zero-order chi connectivity index (χ0) is 18.3. The first-order chi connectivity index (χ1) is 11.2. The SMILES string of the molecule is CC(C)CC(C(=O)O)C(CCCc1ccccc1)(C(=O)O)C(=O)O. The van der Waals surface area contributed by atoms with Crippen molar-refractivity contribution >= 4 is 17.9 Å². The van der Waals surface area contributed by atoms with Crippen LogP contribution in [0.1, 0.15) is 38.7 Å². The van der Waals surface area contributed by atoms with Crippen LogP contribution in [-0.4, -0.2) is 33.2 Å². The molecule has 0 radical (unpaired) electrons. The predicted octanol–water partition coefficient (Wildman–Crippen LogP) is 2.91. The Hall–Kier alpha value is -2.37. The summed E-state index contributed by atoms with van der Waals surface area (Å²) in [5.74, 6) is -6.15. The van der Waals surface area contributed by atoms with Crippen LogP contribution < -0.4 is 0 Å². The van der Waals surface area contributed by atoms with Gasteiger partial charge in [-0.2, -0.15) is 0 Å². The number of hydrogen-bond donors (Lipinski definition) is 3. The molecular weight excluding hydrogens is 312 g/mol. The van der Waals surface area contributed by atoms with E-state index in [2.05, 4.69) is 0 Å². The van der Waals surface area contributed by atoms with Gasteiger partial charge in [0.2, 0.25) is 0 Å². The number of rotatable bonds is 10. The number of aryl methyl sites for hydroxylation is 1. The highest BCUT2D eigenvalue weighted by atomic mass is 16.4. The molecule has 0 aliphatic carbocycles. The lowest BCUT2D eigenvalue weighted by molar-refractivity contribution is -0.177. The molecule has 6 heteroatoms. The number of carboxylic acids is 3. The molecule has 0 fully saturated rings. The van der Waals surface area contributed by atoms with Crippen molar-refractivity contribution in [3.05, 3.63) is 35.9 Å². The van der Waals surface area contributed by atoms with Gasteiger partial charge in [-0.1, -0.05) is 44.2 Å². The van der Waals surface area contributed by atoms with Gasteiger partial charge < -0.3 is 15.3 Å². The fourth-order valence-corrected chi connectivity index (χ4v) is 2.98. The lowest BCUT2D eigenvalue weighted by Gasteiger charge is -2.32. The van der Waals surface area contributed by atoms with E-state index in [0.717, 1.165) is 5.56 Å². The van der Waals surface area contributed by atoms with Gasteiger partial charge in [0.1, 0.15) is 0 Å². The summed E-state index contributed by atoms with van der Waals surface area (Å²) in [5.41, 5.74) is -1.36. The molecule has 0 heterocycles. The minimum absolute atomic E-state index is 0.000724. The Balaban J connectivity index is 3.06. The second-order valence-corrected chi connectivity index (χ2v) is 6.44. The molecule has 0 saturated heterocycles. The Kier molecular flexibility index (Phi) is 6.95. The number of carbonyl (C=O) groups is 3. The van der Waals surface area contributed by atoms with Crippen molar-refractivity contribution in [2.24, 2.45) is 17.3 Å². The Morgan fingerprint density at radius 2 is 1.54 bits per heavy atom. The Bertz CT molecular complexity index is 564. The van der Waals surface area contributed by atoms with Crippen molar-refractivity contribution in [1.82, 2.24) is 0 Å². The van der Waals surface area contributed by atoms with Gasteiger partial charge in [0.25, 0.3) is 0 Å². The average molecular weight is 336 g/mol. The van der Waals surface area contributed by atoms with Crippen LogP contribution in [0.4, 0.5) is 0 Å². The first kappa shape index (κ1) is 19.7. The van der Waals surface area contributed by atoms with Crippen LogP contribution in [0, 0.1) is 17.3 Å². The third-order valence-corrected chi connectivity index (χ3v) is 4.24. The molecule has 3 N–H and O–H groups in total. The molecule has 1 rings (SSSR count). The van der Waals surface area contributed by atoms with Gasteiger partial charge in [-0.3, -0.25) is 14.4 Å². The fraction of sp³-hybridized carbons (Fsp3) is 0.500. The molecule has 24 heavy (non-hydrogen) atoms. The van der Waals surface area contributed by atoms with Gasteiger partial charge in [-0.05, 0) is 37.2 Å². The average Bonchev–Trinajstić information content (AvgIpc) is 2.49. The van der Waals surface area contributed by atoms with E-state index in [1.165, 1.54) is 0 Å². The normalized spacial score (nSPS) is 12.8. The standard InChI is InChI=1S/C18H24O6/c1-12(2)11-14(15(19)20)18(16(21)22,17(23)24)10-6-9-13-7-4-3-5-8-13/h3-5,7-8,12,14H,6,9-11H2,1-2H3,(H,19,20)(H,21,22)(H,23,24). The van der Waals surface area contributed by atoms with Crippen molar-refractivity contribution in [1.29, 1.82) is 0 Å². The number of aliphatic carboxylic acids is 3. The monoisotopic (exact) mass is 336 g/mol. The van der Waals surface area contributed by atoms with Gasteiger partial charge in [0.15, 0.2) is 5.41 Å². The van der Waals surface area contributed by atoms with Gasteiger partial charge in [-0.15, -0.1) is 0 Å². The molecule has 0 spiro atoms. The third-order valence-electron chi connectivity index (χ3n) is 4.24. The molecule has 132 valence electrons. The molecule has 0 bridgehead atoms. The molecule has 6 nitrogen and oxygen atoms in total. The number of hydrogen-bond acceptors (Lipinski definition) is 3. The van der Waals surface area contributed by atoms with Crippen molar-refractivity contribution < 1.29 is 29.7 Å². The molecule has 0 aromatic heterocycles. The molecule has 0 aliphatic heterocycles. The molecule has 0 aliphatic rings. The highest BCUT2D eigenvalue weighted by molar-refractivity contribution is 6.02. The topological polar surface area (TPSA) is 112 Å². The summed E-state index contributed by atoms with van der Waals surface area (Å²) in [7, 11) is 0. The van der Waals surface area contributed by atoms with E-state index in [9.17, 15) is 29.7 Å². The van der Waals surface area contributed by atoms with Crippen LogP contribution in [0.5, 0.6) is 0 Å². The number of benzene rings is 1. The van der Waals surface area contributed by atoms with Crippen LogP contribution in [-0.2, 0) is 20.8 Å². The first-order valence-corrected chi connectivity index (χ1v) is 7.95. The summed E-state index contributed by atoms with van der Waals surface area (Å²) >= 11 is 0. The lowest BCUT2D eigenvalue weighted by Crippen LogP contribution is -2.49. The smallest absolute Gasteiger partial charge is 0.321 e. The summed E-state index contributed by atoms with van der Waals surface area (Å²) in [6.07, 6.45) is 0.553. The van der Waals surface area contributed by atoms with Crippen molar-refractivity contribution in [2.45, 2.75) is 39.5 Å². The highest BCUT2D eigenvalue weighted by Crippen LogP contribution is 2.39. The highest BCUT2D eigenvalue weighted by Gasteiger charge is 2.55. The van der Waals surface area contributed by atoms with E-state index in [1.807, 2.05) is 30.3 Å². The predicted molar refractivity (Wildman–Crippen MR) is 87.7 cm³/mol. The number of carboxylic acid groups (broad SMARTS) is 3. The van der Waals surface area contributed by atoms with Crippen LogP contribution in [0.2, 0.25) is 0 Å². The fourth-order valence-electron chi connectivity index (χ4n) is 2.98. The van der Waals surface area contributed by atoms with Crippen LogP contribution in [0.25, 0.3) is 0 Å². The quantitative estimate of drug-likeness (QED) is 0.566. The Morgan fingerprint density at radius 1 is 1.00 bits per heavy atom. The summed E-state index contributed by atoms with van der Waals surface area (Å²) in [5, 5.41) is 28.6. The van der Waals surface area contributed by atoms with Gasteiger partial charge in [0.05, 0.1) is 5.92 Å². The van der Waals surface area contributed by atoms with E-state index < -0.39 is 29.2 Å². The second-order valence-electron chi connectivity index (χ2n) is 6.44. The third kappa shape index (κ3) is 4.57. The van der Waals surface area contributed by atoms with E-state index in [0.29, 0.717) is 6.42 Å². The zero-order valence-electron chi connectivity index (χ0n) is 13.9. The molecule has 1 aromatic rings. The van der Waals surface area contributed by atoms with E-state index in [-0.39, 0.29) is 25.2 Å². The molecule has 1 atom stereocenters. The summed E-state index contributed by atoms with van der Waals surface area (Å²) in [6, 6.07) is 9.27. The van der Waals surface area contributed by atoms with Crippen LogP contribution in [0.15, 0.2) is 30.3 Å². The van der Waals surface area contributed by atoms with E-state index >= 15 is 0 Å². The molecule has 0 saturated carbocycles. The summed E-state index contributed by atoms with van der Waals surface area (Å²) < 4.78 is 0. The summed E-state index contributed by atoms with van der Waals surface area (Å²) in [4.78, 5) is 35.2. The maximum absolute atomic E-state index is 11.8. The van der Waals surface area contributed by atoms with E-state index in [1.54, 1.807) is 13.8 Å². The van der Waals surface area contributed by atoms with Crippen molar-refractivity contribution in [3.63, 3.8) is 0 Å². The molecule has 1 unspecified atom stereocenters. The minimum atomic E-state index is -2.31. The minimum Gasteiger partial charge on any atom is -0.481 e. The maximum atomic E-state index is 11.8. The maximum Gasteiger partial charge on any atom is 0.321 e. The van der Waals surface area contributed by atoms with Gasteiger partial charge >= 0.3 is 17.9 Å². The summed E-state index contributed by atoms with van der Waals surface area (Å²) in [6.45, 7) is 3.49. The largest absolute Gasteiger partial charge is 0.481 e. The molecule has 1 aromatic carbocycles.